The van der Waals surface area contributed by atoms with Crippen molar-refractivity contribution in [1.82, 2.24) is 14.7 Å². The zero-order valence-corrected chi connectivity index (χ0v) is 13.5. The molecule has 1 saturated heterocycles. The van der Waals surface area contributed by atoms with Crippen LogP contribution in [0.5, 0.6) is 0 Å². The van der Waals surface area contributed by atoms with Crippen LogP contribution in [-0.2, 0) is 24.7 Å². The van der Waals surface area contributed by atoms with E-state index in [1.807, 2.05) is 11.7 Å². The molecule has 23 heavy (non-hydrogen) atoms. The summed E-state index contributed by atoms with van der Waals surface area (Å²) in [5, 5.41) is 13.9. The summed E-state index contributed by atoms with van der Waals surface area (Å²) in [5.41, 5.74) is 2.82. The first-order valence-corrected chi connectivity index (χ1v) is 8.63. The standard InChI is InChI=1S/C17H23N3O3/c1-19-14-5-3-2-4-11(14)15(18-19)16(21)20-8-12(10-6-7-10)13(9-20)17(22)23/h10,12-13H,2-9H2,1H3,(H,22,23)/t12-,13+/m0/s1. The van der Waals surface area contributed by atoms with Crippen molar-refractivity contribution in [2.24, 2.45) is 24.8 Å². The van der Waals surface area contributed by atoms with Crippen LogP contribution in [0.4, 0.5) is 0 Å². The van der Waals surface area contributed by atoms with Crippen molar-refractivity contribution in [3.05, 3.63) is 17.0 Å². The maximum Gasteiger partial charge on any atom is 0.308 e. The van der Waals surface area contributed by atoms with Gasteiger partial charge in [0.05, 0.1) is 5.92 Å². The van der Waals surface area contributed by atoms with Gasteiger partial charge in [0.15, 0.2) is 5.69 Å². The first kappa shape index (κ1) is 14.7. The highest BCUT2D eigenvalue weighted by molar-refractivity contribution is 5.94. The maximum atomic E-state index is 12.9. The lowest BCUT2D eigenvalue weighted by atomic mass is 9.92. The molecule has 1 N–H and O–H groups in total. The second kappa shape index (κ2) is 5.35. The number of carboxylic acids is 1. The Morgan fingerprint density at radius 1 is 1.17 bits per heavy atom. The molecule has 1 aromatic heterocycles. The molecule has 0 radical (unpaired) electrons. The van der Waals surface area contributed by atoms with E-state index in [0.29, 0.717) is 24.7 Å². The molecule has 2 aliphatic carbocycles. The molecule has 4 rings (SSSR count). The third-order valence-electron chi connectivity index (χ3n) is 5.76. The van der Waals surface area contributed by atoms with E-state index in [0.717, 1.165) is 44.1 Å². The summed E-state index contributed by atoms with van der Waals surface area (Å²) in [4.78, 5) is 26.2. The highest BCUT2D eigenvalue weighted by Gasteiger charge is 2.47. The topological polar surface area (TPSA) is 75.4 Å². The van der Waals surface area contributed by atoms with Crippen LogP contribution in [0, 0.1) is 17.8 Å². The number of aromatic nitrogens is 2. The minimum Gasteiger partial charge on any atom is -0.481 e. The van der Waals surface area contributed by atoms with Crippen LogP contribution in [0.1, 0.15) is 47.4 Å². The van der Waals surface area contributed by atoms with Gasteiger partial charge in [0.25, 0.3) is 5.91 Å². The fraction of sp³-hybridized carbons (Fsp3) is 0.706. The molecule has 0 spiro atoms. The average molecular weight is 317 g/mol. The molecular weight excluding hydrogens is 294 g/mol. The van der Waals surface area contributed by atoms with Crippen molar-refractivity contribution >= 4 is 11.9 Å². The number of hydrogen-bond donors (Lipinski definition) is 1. The molecule has 1 aromatic rings. The predicted octanol–water partition coefficient (Wildman–Crippen LogP) is 1.48. The van der Waals surface area contributed by atoms with Crippen molar-refractivity contribution in [3.63, 3.8) is 0 Å². The molecular formula is C17H23N3O3. The summed E-state index contributed by atoms with van der Waals surface area (Å²) in [6.45, 7) is 0.909. The van der Waals surface area contributed by atoms with E-state index in [1.54, 1.807) is 4.90 Å². The summed E-state index contributed by atoms with van der Waals surface area (Å²) in [7, 11) is 1.90. The van der Waals surface area contributed by atoms with Crippen molar-refractivity contribution in [3.8, 4) is 0 Å². The van der Waals surface area contributed by atoms with E-state index in [-0.39, 0.29) is 11.8 Å². The van der Waals surface area contributed by atoms with E-state index >= 15 is 0 Å². The smallest absolute Gasteiger partial charge is 0.308 e. The Morgan fingerprint density at radius 3 is 2.61 bits per heavy atom. The SMILES string of the molecule is Cn1nc(C(=O)N2C[C@@H](C(=O)O)[C@H](C3CC3)C2)c2c1CCCC2. The summed E-state index contributed by atoms with van der Waals surface area (Å²) in [6, 6.07) is 0. The van der Waals surface area contributed by atoms with Gasteiger partial charge in [0.1, 0.15) is 0 Å². The van der Waals surface area contributed by atoms with Crippen LogP contribution < -0.4 is 0 Å². The molecule has 2 heterocycles. The molecule has 1 saturated carbocycles. The minimum absolute atomic E-state index is 0.0712. The van der Waals surface area contributed by atoms with Gasteiger partial charge in [0.2, 0.25) is 0 Å². The number of likely N-dealkylation sites (tertiary alicyclic amines) is 1. The van der Waals surface area contributed by atoms with E-state index in [1.165, 1.54) is 5.69 Å². The van der Waals surface area contributed by atoms with Crippen LogP contribution >= 0.6 is 0 Å². The summed E-state index contributed by atoms with van der Waals surface area (Å²) < 4.78 is 1.84. The van der Waals surface area contributed by atoms with Gasteiger partial charge in [-0.25, -0.2) is 0 Å². The van der Waals surface area contributed by atoms with Crippen LogP contribution in [0.15, 0.2) is 0 Å². The highest BCUT2D eigenvalue weighted by Crippen LogP contribution is 2.44. The van der Waals surface area contributed by atoms with Crippen molar-refractivity contribution in [1.29, 1.82) is 0 Å². The van der Waals surface area contributed by atoms with Crippen molar-refractivity contribution in [2.75, 3.05) is 13.1 Å². The average Bonchev–Trinajstić information content (AvgIpc) is 3.20. The second-order valence-corrected chi connectivity index (χ2v) is 7.26. The third kappa shape index (κ3) is 2.44. The number of nitrogens with zero attached hydrogens (tertiary/aromatic N) is 3. The molecule has 124 valence electrons. The fourth-order valence-electron chi connectivity index (χ4n) is 4.35. The Bertz CT molecular complexity index is 662. The molecule has 2 fully saturated rings. The molecule has 2 atom stereocenters. The molecule has 0 aromatic carbocycles. The fourth-order valence-corrected chi connectivity index (χ4v) is 4.35. The molecule has 6 nitrogen and oxygen atoms in total. The number of amides is 1. The minimum atomic E-state index is -0.764. The number of carbonyl (C=O) groups excluding carboxylic acids is 1. The largest absolute Gasteiger partial charge is 0.481 e. The first-order valence-electron chi connectivity index (χ1n) is 8.63. The predicted molar refractivity (Wildman–Crippen MR) is 83.1 cm³/mol. The Balaban J connectivity index is 1.59. The number of aliphatic carboxylic acids is 1. The van der Waals surface area contributed by atoms with E-state index in [4.69, 9.17) is 0 Å². The molecule has 0 unspecified atom stereocenters. The number of hydrogen-bond acceptors (Lipinski definition) is 3. The number of carboxylic acid groups (broad SMARTS) is 1. The first-order chi connectivity index (χ1) is 11.1. The molecule has 0 bridgehead atoms. The Kier molecular flexibility index (Phi) is 3.43. The number of fused-ring (bicyclic) bond motifs is 1. The lowest BCUT2D eigenvalue weighted by Crippen LogP contribution is -2.31. The zero-order chi connectivity index (χ0) is 16.1. The van der Waals surface area contributed by atoms with Crippen molar-refractivity contribution in [2.45, 2.75) is 38.5 Å². The van der Waals surface area contributed by atoms with Gasteiger partial charge in [0, 0.05) is 31.4 Å². The molecule has 1 aliphatic heterocycles. The zero-order valence-electron chi connectivity index (χ0n) is 13.5. The Morgan fingerprint density at radius 2 is 1.91 bits per heavy atom. The summed E-state index contributed by atoms with van der Waals surface area (Å²) >= 11 is 0. The lowest BCUT2D eigenvalue weighted by Gasteiger charge is -2.17. The van der Waals surface area contributed by atoms with Crippen LogP contribution in [-0.4, -0.2) is 44.8 Å². The normalized spacial score (nSPS) is 27.1. The Labute approximate surface area is 135 Å². The summed E-state index contributed by atoms with van der Waals surface area (Å²) in [5.74, 6) is -0.632. The quantitative estimate of drug-likeness (QED) is 0.916. The molecule has 3 aliphatic rings. The van der Waals surface area contributed by atoms with Crippen LogP contribution in [0.3, 0.4) is 0 Å². The van der Waals surface area contributed by atoms with E-state index in [2.05, 4.69) is 5.10 Å². The summed E-state index contributed by atoms with van der Waals surface area (Å²) in [6.07, 6.45) is 6.35. The maximum absolute atomic E-state index is 12.9. The van der Waals surface area contributed by atoms with Gasteiger partial charge in [-0.2, -0.15) is 5.10 Å². The monoisotopic (exact) mass is 317 g/mol. The van der Waals surface area contributed by atoms with Crippen LogP contribution in [0.25, 0.3) is 0 Å². The third-order valence-corrected chi connectivity index (χ3v) is 5.76. The number of rotatable bonds is 3. The van der Waals surface area contributed by atoms with Gasteiger partial charge in [-0.1, -0.05) is 0 Å². The highest BCUT2D eigenvalue weighted by atomic mass is 16.4. The Hall–Kier alpha value is -1.85. The number of carbonyl (C=O) groups is 2. The van der Waals surface area contributed by atoms with Gasteiger partial charge < -0.3 is 10.0 Å². The van der Waals surface area contributed by atoms with Crippen molar-refractivity contribution < 1.29 is 14.7 Å². The molecule has 6 heteroatoms. The van der Waals surface area contributed by atoms with Crippen LogP contribution in [0.2, 0.25) is 0 Å². The van der Waals surface area contributed by atoms with E-state index in [9.17, 15) is 14.7 Å². The van der Waals surface area contributed by atoms with Gasteiger partial charge in [-0.3, -0.25) is 14.3 Å². The van der Waals surface area contributed by atoms with E-state index < -0.39 is 11.9 Å². The number of aryl methyl sites for hydroxylation is 1. The van der Waals surface area contributed by atoms with Gasteiger partial charge in [-0.15, -0.1) is 0 Å². The second-order valence-electron chi connectivity index (χ2n) is 7.26. The molecule has 1 amide bonds. The van der Waals surface area contributed by atoms with Gasteiger partial charge >= 0.3 is 5.97 Å². The lowest BCUT2D eigenvalue weighted by molar-refractivity contribution is -0.142. The van der Waals surface area contributed by atoms with Gasteiger partial charge in [-0.05, 0) is 50.4 Å².